The van der Waals surface area contributed by atoms with Gasteiger partial charge in [-0.25, -0.2) is 9.37 Å². The summed E-state index contributed by atoms with van der Waals surface area (Å²) in [4.78, 5) is 20.0. The molecule has 0 saturated heterocycles. The first-order valence-corrected chi connectivity index (χ1v) is 12.5. The minimum absolute atomic E-state index is 0.00570. The van der Waals surface area contributed by atoms with Crippen molar-refractivity contribution in [3.8, 4) is 22.8 Å². The molecule has 0 aliphatic rings. The van der Waals surface area contributed by atoms with Crippen molar-refractivity contribution in [3.05, 3.63) is 106 Å². The van der Waals surface area contributed by atoms with Crippen LogP contribution in [0.5, 0.6) is 11.6 Å². The number of halogens is 2. The van der Waals surface area contributed by atoms with E-state index in [-0.39, 0.29) is 31.5 Å². The predicted octanol–water partition coefficient (Wildman–Crippen LogP) is 4.94. The molecule has 0 aliphatic carbocycles. The first-order valence-electron chi connectivity index (χ1n) is 12.1. The molecule has 0 radical (unpaired) electrons. The predicted molar refractivity (Wildman–Crippen MR) is 144 cm³/mol. The van der Waals surface area contributed by atoms with Crippen molar-refractivity contribution < 1.29 is 28.9 Å². The number of aliphatic hydroxyl groups excluding tert-OH is 1. The van der Waals surface area contributed by atoms with Crippen LogP contribution in [-0.4, -0.2) is 38.8 Å². The summed E-state index contributed by atoms with van der Waals surface area (Å²) in [6.07, 6.45) is 3.31. The Balaban J connectivity index is 1.57. The molecule has 0 bridgehead atoms. The van der Waals surface area contributed by atoms with Gasteiger partial charge in [-0.1, -0.05) is 48.0 Å². The van der Waals surface area contributed by atoms with Gasteiger partial charge in [-0.2, -0.15) is 0 Å². The minimum atomic E-state index is -1.19. The third kappa shape index (κ3) is 7.08. The Morgan fingerprint density at radius 2 is 1.87 bits per heavy atom. The van der Waals surface area contributed by atoms with Crippen LogP contribution in [0.3, 0.4) is 0 Å². The standard InChI is InChI=1S/C29H27ClFN3O5/c1-18-21(22-7-2-3-9-24(22)31)8-4-10-27(18)38-17-26-23(30)12-20(14-33-25(15-35)29(36)37)28(34-26)39-16-19-6-5-11-32-13-19/h2-13,25,33,35H,14-17H2,1H3,(H,36,37)/t25-/m0/s1. The molecule has 2 heterocycles. The first kappa shape index (κ1) is 28.0. The van der Waals surface area contributed by atoms with E-state index in [0.29, 0.717) is 33.2 Å². The summed E-state index contributed by atoms with van der Waals surface area (Å²) in [5, 5.41) is 21.6. The topological polar surface area (TPSA) is 114 Å². The zero-order chi connectivity index (χ0) is 27.8. The van der Waals surface area contributed by atoms with Gasteiger partial charge in [0, 0.05) is 35.6 Å². The third-order valence-corrected chi connectivity index (χ3v) is 6.35. The number of aliphatic carboxylic acids is 1. The molecule has 0 saturated carbocycles. The number of rotatable bonds is 12. The summed E-state index contributed by atoms with van der Waals surface area (Å²) in [6.45, 7) is 1.48. The van der Waals surface area contributed by atoms with Crippen molar-refractivity contribution in [3.63, 3.8) is 0 Å². The Labute approximate surface area is 230 Å². The molecule has 0 unspecified atom stereocenters. The lowest BCUT2D eigenvalue weighted by Crippen LogP contribution is -2.39. The summed E-state index contributed by atoms with van der Waals surface area (Å²) >= 11 is 6.53. The van der Waals surface area contributed by atoms with Crippen molar-refractivity contribution in [2.45, 2.75) is 32.7 Å². The van der Waals surface area contributed by atoms with E-state index in [1.54, 1.807) is 54.9 Å². The minimum Gasteiger partial charge on any atom is -0.487 e. The SMILES string of the molecule is Cc1c(OCc2nc(OCc3cccnc3)c(CN[C@@H](CO)C(=O)O)cc2Cl)cccc1-c1ccccc1F. The number of benzene rings is 2. The Kier molecular flexibility index (Phi) is 9.43. The van der Waals surface area contributed by atoms with Gasteiger partial charge in [0.25, 0.3) is 0 Å². The molecular weight excluding hydrogens is 525 g/mol. The average Bonchev–Trinajstić information content (AvgIpc) is 2.93. The molecule has 2 aromatic carbocycles. The molecule has 10 heteroatoms. The van der Waals surface area contributed by atoms with E-state index in [9.17, 15) is 19.4 Å². The van der Waals surface area contributed by atoms with Gasteiger partial charge in [-0.3, -0.25) is 15.1 Å². The number of carboxylic acid groups (broad SMARTS) is 1. The van der Waals surface area contributed by atoms with Crippen LogP contribution in [0.4, 0.5) is 4.39 Å². The molecule has 0 spiro atoms. The number of hydrogen-bond acceptors (Lipinski definition) is 7. The molecule has 0 amide bonds. The first-order chi connectivity index (χ1) is 18.9. The molecule has 2 aromatic heterocycles. The number of hydrogen-bond donors (Lipinski definition) is 3. The smallest absolute Gasteiger partial charge is 0.323 e. The lowest BCUT2D eigenvalue weighted by molar-refractivity contribution is -0.140. The summed E-state index contributed by atoms with van der Waals surface area (Å²) < 4.78 is 26.4. The van der Waals surface area contributed by atoms with Crippen LogP contribution in [0.15, 0.2) is 73.1 Å². The maximum absolute atomic E-state index is 14.4. The van der Waals surface area contributed by atoms with E-state index >= 15 is 0 Å². The maximum Gasteiger partial charge on any atom is 0.323 e. The van der Waals surface area contributed by atoms with Gasteiger partial charge in [0.1, 0.15) is 36.5 Å². The molecule has 39 heavy (non-hydrogen) atoms. The van der Waals surface area contributed by atoms with E-state index < -0.39 is 18.6 Å². The number of nitrogens with one attached hydrogen (secondary N) is 1. The van der Waals surface area contributed by atoms with E-state index in [0.717, 1.165) is 11.1 Å². The number of ether oxygens (including phenoxy) is 2. The van der Waals surface area contributed by atoms with Crippen LogP contribution < -0.4 is 14.8 Å². The maximum atomic E-state index is 14.4. The summed E-state index contributed by atoms with van der Waals surface area (Å²) in [7, 11) is 0. The van der Waals surface area contributed by atoms with E-state index in [1.165, 1.54) is 6.07 Å². The van der Waals surface area contributed by atoms with Crippen molar-refractivity contribution in [1.29, 1.82) is 0 Å². The molecule has 4 rings (SSSR count). The number of aliphatic hydroxyl groups is 1. The molecule has 8 nitrogen and oxygen atoms in total. The highest BCUT2D eigenvalue weighted by atomic mass is 35.5. The van der Waals surface area contributed by atoms with Gasteiger partial charge >= 0.3 is 5.97 Å². The molecule has 202 valence electrons. The zero-order valence-corrected chi connectivity index (χ0v) is 21.9. The second-order valence-electron chi connectivity index (χ2n) is 8.68. The van der Waals surface area contributed by atoms with Crippen molar-refractivity contribution in [2.75, 3.05) is 6.61 Å². The molecule has 3 N–H and O–H groups in total. The molecule has 1 atom stereocenters. The van der Waals surface area contributed by atoms with Crippen LogP contribution in [0.1, 0.15) is 22.4 Å². The van der Waals surface area contributed by atoms with Crippen LogP contribution in [-0.2, 0) is 24.6 Å². The third-order valence-electron chi connectivity index (χ3n) is 6.02. The number of carbonyl (C=O) groups is 1. The lowest BCUT2D eigenvalue weighted by Gasteiger charge is -2.17. The van der Waals surface area contributed by atoms with Crippen molar-refractivity contribution >= 4 is 17.6 Å². The highest BCUT2D eigenvalue weighted by Gasteiger charge is 2.19. The molecule has 0 aliphatic heterocycles. The Hall–Kier alpha value is -4.05. The Morgan fingerprint density at radius 3 is 2.59 bits per heavy atom. The van der Waals surface area contributed by atoms with Gasteiger partial charge in [0.15, 0.2) is 0 Å². The number of pyridine rings is 2. The normalized spacial score (nSPS) is 11.7. The van der Waals surface area contributed by atoms with E-state index in [1.807, 2.05) is 19.1 Å². The quantitative estimate of drug-likeness (QED) is 0.227. The van der Waals surface area contributed by atoms with Gasteiger partial charge in [-0.15, -0.1) is 0 Å². The van der Waals surface area contributed by atoms with Crippen LogP contribution in [0, 0.1) is 12.7 Å². The number of nitrogens with zero attached hydrogens (tertiary/aromatic N) is 2. The average molecular weight is 552 g/mol. The number of carboxylic acids is 1. The monoisotopic (exact) mass is 551 g/mol. The fraction of sp³-hybridized carbons (Fsp3) is 0.207. The highest BCUT2D eigenvalue weighted by Crippen LogP contribution is 2.33. The Morgan fingerprint density at radius 1 is 1.08 bits per heavy atom. The van der Waals surface area contributed by atoms with Crippen LogP contribution in [0.2, 0.25) is 5.02 Å². The van der Waals surface area contributed by atoms with E-state index in [2.05, 4.69) is 15.3 Å². The highest BCUT2D eigenvalue weighted by molar-refractivity contribution is 6.31. The summed E-state index contributed by atoms with van der Waals surface area (Å²) in [5.74, 6) is -0.738. The second-order valence-corrected chi connectivity index (χ2v) is 9.09. The van der Waals surface area contributed by atoms with Gasteiger partial charge in [0.05, 0.1) is 11.6 Å². The fourth-order valence-electron chi connectivity index (χ4n) is 3.89. The van der Waals surface area contributed by atoms with Gasteiger partial charge in [0.2, 0.25) is 5.88 Å². The number of aromatic nitrogens is 2. The fourth-order valence-corrected chi connectivity index (χ4v) is 4.11. The molecule has 4 aromatic rings. The summed E-state index contributed by atoms with van der Waals surface area (Å²) in [5.41, 5.74) is 3.66. The van der Waals surface area contributed by atoms with Crippen LogP contribution >= 0.6 is 11.6 Å². The van der Waals surface area contributed by atoms with Crippen molar-refractivity contribution in [1.82, 2.24) is 15.3 Å². The van der Waals surface area contributed by atoms with E-state index in [4.69, 9.17) is 21.1 Å². The Bertz CT molecular complexity index is 1440. The second kappa shape index (κ2) is 13.1. The van der Waals surface area contributed by atoms with Gasteiger partial charge < -0.3 is 19.7 Å². The largest absolute Gasteiger partial charge is 0.487 e. The van der Waals surface area contributed by atoms with Crippen LogP contribution in [0.25, 0.3) is 11.1 Å². The zero-order valence-electron chi connectivity index (χ0n) is 21.1. The van der Waals surface area contributed by atoms with Gasteiger partial charge in [-0.05, 0) is 42.3 Å². The lowest BCUT2D eigenvalue weighted by atomic mass is 9.99. The van der Waals surface area contributed by atoms with Crippen molar-refractivity contribution in [2.24, 2.45) is 0 Å². The summed E-state index contributed by atoms with van der Waals surface area (Å²) in [6, 6.07) is 16.0. The molecule has 0 fully saturated rings. The molecular formula is C29H27ClFN3O5.